The highest BCUT2D eigenvalue weighted by atomic mass is 16.3. The lowest BCUT2D eigenvalue weighted by molar-refractivity contribution is -0.0349. The van der Waals surface area contributed by atoms with Gasteiger partial charge >= 0.3 is 0 Å². The summed E-state index contributed by atoms with van der Waals surface area (Å²) in [7, 11) is 0. The molecule has 0 aliphatic heterocycles. The van der Waals surface area contributed by atoms with Crippen molar-refractivity contribution in [2.24, 2.45) is 0 Å². The van der Waals surface area contributed by atoms with Crippen LogP contribution in [-0.4, -0.2) is 49.1 Å². The van der Waals surface area contributed by atoms with Gasteiger partial charge in [-0.3, -0.25) is 0 Å². The summed E-state index contributed by atoms with van der Waals surface area (Å²) in [6.45, 7) is 3.90. The third-order valence-corrected chi connectivity index (χ3v) is 3.76. The van der Waals surface area contributed by atoms with E-state index in [-0.39, 0.29) is 6.61 Å². The molecule has 122 valence electrons. The van der Waals surface area contributed by atoms with Crippen LogP contribution in [0.2, 0.25) is 0 Å². The maximum Gasteiger partial charge on any atom is 0.105 e. The van der Waals surface area contributed by atoms with Gasteiger partial charge in [0.25, 0.3) is 0 Å². The lowest BCUT2D eigenvalue weighted by Crippen LogP contribution is -2.37. The maximum atomic E-state index is 10.2. The van der Waals surface area contributed by atoms with Crippen LogP contribution in [0.25, 0.3) is 0 Å². The lowest BCUT2D eigenvalue weighted by atomic mass is 10.0. The Morgan fingerprint density at radius 1 is 1.14 bits per heavy atom. The van der Waals surface area contributed by atoms with Gasteiger partial charge in [0.2, 0.25) is 0 Å². The van der Waals surface area contributed by atoms with E-state index in [1.165, 1.54) is 4.68 Å². The molecule has 6 nitrogen and oxygen atoms in total. The molecule has 1 aromatic heterocycles. The number of aromatic nitrogens is 3. The average molecular weight is 299 g/mol. The summed E-state index contributed by atoms with van der Waals surface area (Å²) in [6.07, 6.45) is 6.39. The molecule has 0 spiro atoms. The number of unbranched alkanes of at least 4 members (excludes halogenated alkanes) is 3. The molecule has 3 N–H and O–H groups in total. The van der Waals surface area contributed by atoms with Crippen molar-refractivity contribution >= 4 is 0 Å². The Hall–Kier alpha value is -0.980. The van der Waals surface area contributed by atoms with Crippen LogP contribution < -0.4 is 0 Å². The van der Waals surface area contributed by atoms with Gasteiger partial charge in [0, 0.05) is 6.20 Å². The van der Waals surface area contributed by atoms with Gasteiger partial charge < -0.3 is 15.3 Å². The lowest BCUT2D eigenvalue weighted by Gasteiger charge is -2.25. The van der Waals surface area contributed by atoms with Crippen molar-refractivity contribution in [3.8, 4) is 0 Å². The molecule has 0 fully saturated rings. The molecule has 0 bridgehead atoms. The molecule has 6 heteroatoms. The van der Waals surface area contributed by atoms with Gasteiger partial charge in [-0.15, -0.1) is 5.10 Å². The van der Waals surface area contributed by atoms with Crippen molar-refractivity contribution in [1.29, 1.82) is 0 Å². The van der Waals surface area contributed by atoms with Crippen LogP contribution in [0, 0.1) is 0 Å². The first-order valence-corrected chi connectivity index (χ1v) is 8.01. The van der Waals surface area contributed by atoms with Crippen molar-refractivity contribution in [2.75, 3.05) is 6.61 Å². The van der Waals surface area contributed by atoms with E-state index in [2.05, 4.69) is 17.2 Å². The Balaban J connectivity index is 2.62. The minimum absolute atomic E-state index is 0.276. The standard InChI is InChI=1S/C15H29N3O3/c1-3-5-7-8-12-10-18(17-16-12)13(11-19)15(21)14(20)9-6-4-2/h10,13-15,19-21H,3-9,11H2,1-2H3/t13-,14+,15-/m0/s1. The molecule has 0 amide bonds. The Morgan fingerprint density at radius 2 is 1.86 bits per heavy atom. The average Bonchev–Trinajstić information content (AvgIpc) is 2.94. The first-order valence-electron chi connectivity index (χ1n) is 8.01. The van der Waals surface area contributed by atoms with Gasteiger partial charge in [0.15, 0.2) is 0 Å². The number of nitrogens with zero attached hydrogens (tertiary/aromatic N) is 3. The van der Waals surface area contributed by atoms with Crippen LogP contribution in [0.5, 0.6) is 0 Å². The largest absolute Gasteiger partial charge is 0.394 e. The normalized spacial score (nSPS) is 15.9. The highest BCUT2D eigenvalue weighted by Gasteiger charge is 2.28. The van der Waals surface area contributed by atoms with E-state index in [0.717, 1.165) is 44.2 Å². The summed E-state index contributed by atoms with van der Waals surface area (Å²) in [5.41, 5.74) is 0.858. The van der Waals surface area contributed by atoms with Crippen LogP contribution in [0.3, 0.4) is 0 Å². The summed E-state index contributed by atoms with van der Waals surface area (Å²) in [5.74, 6) is 0. The van der Waals surface area contributed by atoms with Crippen LogP contribution in [0.4, 0.5) is 0 Å². The predicted molar refractivity (Wildman–Crippen MR) is 80.9 cm³/mol. The number of aliphatic hydroxyl groups excluding tert-OH is 3. The zero-order valence-electron chi connectivity index (χ0n) is 13.1. The summed E-state index contributed by atoms with van der Waals surface area (Å²) in [6, 6.07) is -0.649. The van der Waals surface area contributed by atoms with Crippen molar-refractivity contribution in [1.82, 2.24) is 15.0 Å². The SMILES string of the molecule is CCCCCc1cn([C@@H](CO)[C@H](O)[C@H](O)CCCC)nn1. The van der Waals surface area contributed by atoms with Crippen LogP contribution in [0.1, 0.15) is 64.1 Å². The minimum Gasteiger partial charge on any atom is -0.394 e. The van der Waals surface area contributed by atoms with E-state index < -0.39 is 18.2 Å². The van der Waals surface area contributed by atoms with Gasteiger partial charge in [0.05, 0.1) is 18.4 Å². The molecule has 0 saturated heterocycles. The quantitative estimate of drug-likeness (QED) is 0.538. The molecular formula is C15H29N3O3. The van der Waals surface area contributed by atoms with E-state index in [9.17, 15) is 15.3 Å². The Kier molecular flexibility index (Phi) is 8.49. The second kappa shape index (κ2) is 9.87. The third kappa shape index (κ3) is 5.73. The first-order chi connectivity index (χ1) is 10.1. The molecule has 21 heavy (non-hydrogen) atoms. The maximum absolute atomic E-state index is 10.2. The molecule has 0 aliphatic rings. The highest BCUT2D eigenvalue weighted by Crippen LogP contribution is 2.17. The molecule has 0 unspecified atom stereocenters. The van der Waals surface area contributed by atoms with Crippen molar-refractivity contribution in [3.05, 3.63) is 11.9 Å². The number of aryl methyl sites for hydroxylation is 1. The molecule has 3 atom stereocenters. The molecule has 1 aromatic rings. The molecular weight excluding hydrogens is 270 g/mol. The topological polar surface area (TPSA) is 91.4 Å². The van der Waals surface area contributed by atoms with Crippen molar-refractivity contribution in [3.63, 3.8) is 0 Å². The van der Waals surface area contributed by atoms with E-state index in [4.69, 9.17) is 0 Å². The molecule has 0 saturated carbocycles. The van der Waals surface area contributed by atoms with Gasteiger partial charge in [-0.2, -0.15) is 0 Å². The Bertz CT molecular complexity index is 384. The summed E-state index contributed by atoms with van der Waals surface area (Å²) in [4.78, 5) is 0. The minimum atomic E-state index is -1.04. The number of hydrogen-bond acceptors (Lipinski definition) is 5. The Labute approximate surface area is 126 Å². The zero-order valence-corrected chi connectivity index (χ0v) is 13.1. The fourth-order valence-corrected chi connectivity index (χ4v) is 2.33. The molecule has 0 aliphatic carbocycles. The second-order valence-corrected chi connectivity index (χ2v) is 5.60. The zero-order chi connectivity index (χ0) is 15.7. The fraction of sp³-hybridized carbons (Fsp3) is 0.867. The van der Waals surface area contributed by atoms with Gasteiger partial charge in [0.1, 0.15) is 12.1 Å². The number of hydrogen-bond donors (Lipinski definition) is 3. The number of rotatable bonds is 11. The summed E-state index contributed by atoms with van der Waals surface area (Å²) >= 11 is 0. The van der Waals surface area contributed by atoms with Gasteiger partial charge in [-0.05, 0) is 19.3 Å². The summed E-state index contributed by atoms with van der Waals surface area (Å²) < 4.78 is 1.47. The second-order valence-electron chi connectivity index (χ2n) is 5.60. The fourth-order valence-electron chi connectivity index (χ4n) is 2.33. The van der Waals surface area contributed by atoms with E-state index >= 15 is 0 Å². The number of aliphatic hydroxyl groups is 3. The van der Waals surface area contributed by atoms with Gasteiger partial charge in [-0.1, -0.05) is 44.7 Å². The van der Waals surface area contributed by atoms with Crippen LogP contribution >= 0.6 is 0 Å². The van der Waals surface area contributed by atoms with Crippen LogP contribution in [-0.2, 0) is 6.42 Å². The van der Waals surface area contributed by atoms with Crippen molar-refractivity contribution < 1.29 is 15.3 Å². The smallest absolute Gasteiger partial charge is 0.105 e. The molecule has 1 rings (SSSR count). The molecule has 0 radical (unpaired) electrons. The van der Waals surface area contributed by atoms with E-state index in [1.807, 2.05) is 6.92 Å². The van der Waals surface area contributed by atoms with E-state index in [1.54, 1.807) is 6.20 Å². The van der Waals surface area contributed by atoms with E-state index in [0.29, 0.717) is 6.42 Å². The monoisotopic (exact) mass is 299 g/mol. The van der Waals surface area contributed by atoms with Gasteiger partial charge in [-0.25, -0.2) is 4.68 Å². The predicted octanol–water partition coefficient (Wildman–Crippen LogP) is 1.46. The molecule has 1 heterocycles. The van der Waals surface area contributed by atoms with Crippen molar-refractivity contribution in [2.45, 2.75) is 77.0 Å². The van der Waals surface area contributed by atoms with Crippen LogP contribution in [0.15, 0.2) is 6.20 Å². The molecule has 0 aromatic carbocycles. The third-order valence-electron chi connectivity index (χ3n) is 3.76. The summed E-state index contributed by atoms with van der Waals surface area (Å²) in [5, 5.41) is 37.7. The highest BCUT2D eigenvalue weighted by molar-refractivity contribution is 4.95. The first kappa shape index (κ1) is 18.1. The Morgan fingerprint density at radius 3 is 2.48 bits per heavy atom.